The van der Waals surface area contributed by atoms with Crippen molar-refractivity contribution >= 4 is 11.8 Å². The van der Waals surface area contributed by atoms with Gasteiger partial charge in [-0.1, -0.05) is 20.8 Å². The molecule has 1 saturated heterocycles. The molecule has 1 rings (SSSR count). The Bertz CT molecular complexity index is 268. The van der Waals surface area contributed by atoms with E-state index in [9.17, 15) is 9.59 Å². The highest BCUT2D eigenvalue weighted by molar-refractivity contribution is 5.87. The summed E-state index contributed by atoms with van der Waals surface area (Å²) in [6.45, 7) is 6.71. The van der Waals surface area contributed by atoms with E-state index < -0.39 is 0 Å². The number of primary amides is 1. The van der Waals surface area contributed by atoms with Gasteiger partial charge in [0.1, 0.15) is 6.04 Å². The highest BCUT2D eigenvalue weighted by Gasteiger charge is 2.33. The van der Waals surface area contributed by atoms with E-state index in [1.807, 2.05) is 20.8 Å². The molecule has 0 aromatic carbocycles. The lowest BCUT2D eigenvalue weighted by Gasteiger charge is -2.26. The Kier molecular flexibility index (Phi) is 3.37. The number of carbonyl (C=O) groups is 2. The van der Waals surface area contributed by atoms with Gasteiger partial charge in [0.25, 0.3) is 0 Å². The minimum atomic E-state index is -0.380. The van der Waals surface area contributed by atoms with Gasteiger partial charge in [-0.25, -0.2) is 0 Å². The van der Waals surface area contributed by atoms with Crippen LogP contribution in [0.5, 0.6) is 0 Å². The zero-order chi connectivity index (χ0) is 11.6. The first kappa shape index (κ1) is 12.0. The van der Waals surface area contributed by atoms with Crippen molar-refractivity contribution in [2.24, 2.45) is 11.1 Å². The van der Waals surface area contributed by atoms with E-state index in [4.69, 9.17) is 5.73 Å². The number of carbonyl (C=O) groups excluding carboxylic acids is 2. The van der Waals surface area contributed by atoms with Crippen molar-refractivity contribution in [3.63, 3.8) is 0 Å². The Hall–Kier alpha value is -1.06. The molecule has 1 aliphatic rings. The van der Waals surface area contributed by atoms with Crippen LogP contribution in [-0.2, 0) is 9.59 Å². The van der Waals surface area contributed by atoms with Crippen molar-refractivity contribution in [1.29, 1.82) is 0 Å². The SMILES string of the molecule is CC(C)(C)CC(=O)N1CCCC1C(N)=O. The van der Waals surface area contributed by atoms with Crippen molar-refractivity contribution in [1.82, 2.24) is 4.90 Å². The second-order valence-corrected chi connectivity index (χ2v) is 5.38. The smallest absolute Gasteiger partial charge is 0.240 e. The fraction of sp³-hybridized carbons (Fsp3) is 0.818. The predicted molar refractivity (Wildman–Crippen MR) is 58.0 cm³/mol. The second kappa shape index (κ2) is 4.21. The van der Waals surface area contributed by atoms with Crippen LogP contribution in [0.2, 0.25) is 0 Å². The summed E-state index contributed by atoms with van der Waals surface area (Å²) < 4.78 is 0. The molecule has 2 amide bonds. The van der Waals surface area contributed by atoms with E-state index in [0.29, 0.717) is 19.4 Å². The van der Waals surface area contributed by atoms with Gasteiger partial charge in [-0.3, -0.25) is 9.59 Å². The van der Waals surface area contributed by atoms with Gasteiger partial charge in [-0.05, 0) is 18.3 Å². The van der Waals surface area contributed by atoms with Gasteiger partial charge < -0.3 is 10.6 Å². The van der Waals surface area contributed by atoms with E-state index in [1.54, 1.807) is 4.90 Å². The Balaban J connectivity index is 2.63. The number of amides is 2. The third kappa shape index (κ3) is 3.22. The molecule has 1 atom stereocenters. The molecule has 0 aromatic heterocycles. The predicted octanol–water partition coefficient (Wildman–Crippen LogP) is 0.899. The molecular formula is C11H20N2O2. The Morgan fingerprint density at radius 1 is 1.40 bits per heavy atom. The van der Waals surface area contributed by atoms with Gasteiger partial charge in [0.05, 0.1) is 0 Å². The molecule has 1 fully saturated rings. The Labute approximate surface area is 90.8 Å². The summed E-state index contributed by atoms with van der Waals surface area (Å²) >= 11 is 0. The first-order chi connectivity index (χ1) is 6.81. The summed E-state index contributed by atoms with van der Waals surface area (Å²) in [6, 6.07) is -0.375. The molecule has 4 nitrogen and oxygen atoms in total. The van der Waals surface area contributed by atoms with E-state index in [1.165, 1.54) is 0 Å². The average molecular weight is 212 g/mol. The molecule has 1 heterocycles. The van der Waals surface area contributed by atoms with Crippen molar-refractivity contribution in [2.75, 3.05) is 6.54 Å². The molecule has 4 heteroatoms. The van der Waals surface area contributed by atoms with E-state index in [0.717, 1.165) is 6.42 Å². The molecule has 1 aliphatic heterocycles. The minimum Gasteiger partial charge on any atom is -0.368 e. The minimum absolute atomic E-state index is 0.0398. The summed E-state index contributed by atoms with van der Waals surface area (Å²) in [5, 5.41) is 0. The van der Waals surface area contributed by atoms with Gasteiger partial charge in [-0.2, -0.15) is 0 Å². The molecule has 0 aromatic rings. The maximum Gasteiger partial charge on any atom is 0.240 e. The highest BCUT2D eigenvalue weighted by atomic mass is 16.2. The lowest BCUT2D eigenvalue weighted by molar-refractivity contribution is -0.138. The third-order valence-corrected chi connectivity index (χ3v) is 2.58. The molecule has 86 valence electrons. The number of rotatable bonds is 2. The number of hydrogen-bond donors (Lipinski definition) is 1. The zero-order valence-corrected chi connectivity index (χ0v) is 9.75. The van der Waals surface area contributed by atoms with Crippen molar-refractivity contribution in [3.05, 3.63) is 0 Å². The van der Waals surface area contributed by atoms with Crippen LogP contribution < -0.4 is 5.73 Å². The highest BCUT2D eigenvalue weighted by Crippen LogP contribution is 2.24. The van der Waals surface area contributed by atoms with Gasteiger partial charge >= 0.3 is 0 Å². The molecule has 0 aliphatic carbocycles. The van der Waals surface area contributed by atoms with Crippen LogP contribution in [-0.4, -0.2) is 29.3 Å². The molecule has 15 heavy (non-hydrogen) atoms. The van der Waals surface area contributed by atoms with Gasteiger partial charge in [-0.15, -0.1) is 0 Å². The van der Waals surface area contributed by atoms with Crippen LogP contribution in [0.1, 0.15) is 40.0 Å². The van der Waals surface area contributed by atoms with Gasteiger partial charge in [0.15, 0.2) is 0 Å². The maximum atomic E-state index is 11.9. The molecule has 0 spiro atoms. The second-order valence-electron chi connectivity index (χ2n) is 5.38. The Morgan fingerprint density at radius 2 is 2.00 bits per heavy atom. The summed E-state index contributed by atoms with van der Waals surface area (Å²) in [7, 11) is 0. The normalized spacial score (nSPS) is 21.8. The summed E-state index contributed by atoms with van der Waals surface area (Å²) in [6.07, 6.45) is 2.06. The summed E-state index contributed by atoms with van der Waals surface area (Å²) in [5.74, 6) is -0.335. The van der Waals surface area contributed by atoms with Crippen LogP contribution >= 0.6 is 0 Å². The Morgan fingerprint density at radius 3 is 2.47 bits per heavy atom. The molecule has 1 unspecified atom stereocenters. The molecule has 0 saturated carbocycles. The van der Waals surface area contributed by atoms with Crippen LogP contribution in [0.15, 0.2) is 0 Å². The standard InChI is InChI=1S/C11H20N2O2/c1-11(2,3)7-9(14)13-6-4-5-8(13)10(12)15/h8H,4-7H2,1-3H3,(H2,12,15). The van der Waals surface area contributed by atoms with Crippen molar-refractivity contribution in [2.45, 2.75) is 46.1 Å². The number of nitrogens with zero attached hydrogens (tertiary/aromatic N) is 1. The molecule has 2 N–H and O–H groups in total. The van der Waals surface area contributed by atoms with Crippen LogP contribution in [0.25, 0.3) is 0 Å². The number of likely N-dealkylation sites (tertiary alicyclic amines) is 1. The molecule has 0 radical (unpaired) electrons. The first-order valence-corrected chi connectivity index (χ1v) is 5.40. The van der Waals surface area contributed by atoms with Crippen molar-refractivity contribution < 1.29 is 9.59 Å². The van der Waals surface area contributed by atoms with Gasteiger partial charge in [0, 0.05) is 13.0 Å². The summed E-state index contributed by atoms with van der Waals surface area (Å²) in [5.41, 5.74) is 5.22. The van der Waals surface area contributed by atoms with E-state index in [-0.39, 0.29) is 23.3 Å². The van der Waals surface area contributed by atoms with Crippen LogP contribution in [0.4, 0.5) is 0 Å². The lowest BCUT2D eigenvalue weighted by Crippen LogP contribution is -2.44. The monoisotopic (exact) mass is 212 g/mol. The number of hydrogen-bond acceptors (Lipinski definition) is 2. The van der Waals surface area contributed by atoms with Crippen LogP contribution in [0.3, 0.4) is 0 Å². The molecule has 0 bridgehead atoms. The van der Waals surface area contributed by atoms with E-state index >= 15 is 0 Å². The fourth-order valence-corrected chi connectivity index (χ4v) is 1.92. The van der Waals surface area contributed by atoms with E-state index in [2.05, 4.69) is 0 Å². The van der Waals surface area contributed by atoms with Crippen LogP contribution in [0, 0.1) is 5.41 Å². The lowest BCUT2D eigenvalue weighted by atomic mass is 9.91. The zero-order valence-electron chi connectivity index (χ0n) is 9.75. The first-order valence-electron chi connectivity index (χ1n) is 5.40. The quantitative estimate of drug-likeness (QED) is 0.739. The maximum absolute atomic E-state index is 11.9. The van der Waals surface area contributed by atoms with Crippen molar-refractivity contribution in [3.8, 4) is 0 Å². The van der Waals surface area contributed by atoms with Gasteiger partial charge in [0.2, 0.25) is 11.8 Å². The number of nitrogens with two attached hydrogens (primary N) is 1. The largest absolute Gasteiger partial charge is 0.368 e. The average Bonchev–Trinajstić information content (AvgIpc) is 2.47. The molecular weight excluding hydrogens is 192 g/mol. The third-order valence-electron chi connectivity index (χ3n) is 2.58. The summed E-state index contributed by atoms with van der Waals surface area (Å²) in [4.78, 5) is 24.6. The fourth-order valence-electron chi connectivity index (χ4n) is 1.92. The topological polar surface area (TPSA) is 63.4 Å².